The number of unbranched alkanes of at least 4 members (excludes halogenated alkanes) is 8. The third-order valence-electron chi connectivity index (χ3n) is 4.06. The fourth-order valence-corrected chi connectivity index (χ4v) is 3.01. The van der Waals surface area contributed by atoms with Crippen molar-refractivity contribution in [3.8, 4) is 0 Å². The van der Waals surface area contributed by atoms with Crippen molar-refractivity contribution in [3.05, 3.63) is 0 Å². The van der Waals surface area contributed by atoms with Gasteiger partial charge in [-0.05, 0) is 6.42 Å². The van der Waals surface area contributed by atoms with Gasteiger partial charge >= 0.3 is 5.97 Å². The zero-order valence-electron chi connectivity index (χ0n) is 15.3. The Hall–Kier alpha value is -1.15. The minimum atomic E-state index is -4.17. The summed E-state index contributed by atoms with van der Waals surface area (Å²) in [5, 5.41) is 8.72. The molecule has 0 atom stereocenters. The third-order valence-corrected chi connectivity index (χ3v) is 4.76. The number of carbonyl (C=O) groups excluding carboxylic acids is 1. The SMILES string of the molecule is CCCCCCCCCCCC(=O)N(CCC(=O)O)CCS(=O)(=O)O. The molecule has 0 saturated carbocycles. The van der Waals surface area contributed by atoms with E-state index >= 15 is 0 Å². The van der Waals surface area contributed by atoms with E-state index in [1.54, 1.807) is 0 Å². The molecule has 0 aliphatic heterocycles. The van der Waals surface area contributed by atoms with Crippen LogP contribution in [0, 0.1) is 0 Å². The van der Waals surface area contributed by atoms with E-state index in [9.17, 15) is 18.0 Å². The second-order valence-electron chi connectivity index (χ2n) is 6.39. The first kappa shape index (κ1) is 23.9. The van der Waals surface area contributed by atoms with Crippen molar-refractivity contribution in [2.24, 2.45) is 0 Å². The highest BCUT2D eigenvalue weighted by Gasteiger charge is 2.17. The molecule has 0 aliphatic carbocycles. The molecule has 0 rings (SSSR count). The molecular weight excluding hydrogens is 346 g/mol. The van der Waals surface area contributed by atoms with Crippen LogP contribution in [0.2, 0.25) is 0 Å². The van der Waals surface area contributed by atoms with Crippen molar-refractivity contribution >= 4 is 22.0 Å². The lowest BCUT2D eigenvalue weighted by Crippen LogP contribution is -2.36. The molecule has 25 heavy (non-hydrogen) atoms. The molecule has 0 radical (unpaired) electrons. The van der Waals surface area contributed by atoms with Gasteiger partial charge in [-0.15, -0.1) is 0 Å². The van der Waals surface area contributed by atoms with E-state index in [4.69, 9.17) is 9.66 Å². The van der Waals surface area contributed by atoms with Crippen LogP contribution in [-0.4, -0.2) is 53.7 Å². The van der Waals surface area contributed by atoms with Crippen molar-refractivity contribution in [1.82, 2.24) is 4.90 Å². The van der Waals surface area contributed by atoms with Crippen LogP contribution in [0.3, 0.4) is 0 Å². The van der Waals surface area contributed by atoms with E-state index in [-0.39, 0.29) is 31.8 Å². The Kier molecular flexibility index (Phi) is 13.4. The topological polar surface area (TPSA) is 112 Å². The largest absolute Gasteiger partial charge is 0.481 e. The summed E-state index contributed by atoms with van der Waals surface area (Å²) in [5.74, 6) is -1.88. The minimum Gasteiger partial charge on any atom is -0.481 e. The summed E-state index contributed by atoms with van der Waals surface area (Å²) in [6.45, 7) is 1.97. The Morgan fingerprint density at radius 2 is 1.36 bits per heavy atom. The van der Waals surface area contributed by atoms with Crippen LogP contribution in [0.5, 0.6) is 0 Å². The molecule has 0 fully saturated rings. The van der Waals surface area contributed by atoms with Crippen LogP contribution >= 0.6 is 0 Å². The molecule has 1 amide bonds. The molecular formula is C17H33NO6S. The molecule has 0 aromatic carbocycles. The predicted molar refractivity (Wildman–Crippen MR) is 97.1 cm³/mol. The molecule has 0 bridgehead atoms. The molecule has 7 nitrogen and oxygen atoms in total. The lowest BCUT2D eigenvalue weighted by Gasteiger charge is -2.21. The van der Waals surface area contributed by atoms with Crippen LogP contribution in [-0.2, 0) is 19.7 Å². The third kappa shape index (κ3) is 16.1. The summed E-state index contributed by atoms with van der Waals surface area (Å²) in [6.07, 6.45) is 10.2. The highest BCUT2D eigenvalue weighted by Crippen LogP contribution is 2.11. The number of hydrogen-bond acceptors (Lipinski definition) is 4. The summed E-state index contributed by atoms with van der Waals surface area (Å²) in [7, 11) is -4.17. The van der Waals surface area contributed by atoms with Gasteiger partial charge in [0.25, 0.3) is 10.1 Å². The Balaban J connectivity index is 4.01. The Morgan fingerprint density at radius 3 is 1.84 bits per heavy atom. The number of carboxylic acids is 1. The van der Waals surface area contributed by atoms with Crippen LogP contribution in [0.4, 0.5) is 0 Å². The van der Waals surface area contributed by atoms with Gasteiger partial charge in [-0.2, -0.15) is 8.42 Å². The van der Waals surface area contributed by atoms with Gasteiger partial charge in [0.2, 0.25) is 5.91 Å². The molecule has 8 heteroatoms. The van der Waals surface area contributed by atoms with Crippen LogP contribution in [0.1, 0.15) is 77.6 Å². The fourth-order valence-electron chi connectivity index (χ4n) is 2.56. The Morgan fingerprint density at radius 1 is 0.840 bits per heavy atom. The molecule has 0 aliphatic rings. The number of amides is 1. The Labute approximate surface area is 151 Å². The van der Waals surface area contributed by atoms with E-state index < -0.39 is 21.8 Å². The van der Waals surface area contributed by atoms with Gasteiger partial charge < -0.3 is 10.0 Å². The maximum absolute atomic E-state index is 12.1. The standard InChI is InChI=1S/C17H33NO6S/c1-2-3-4-5-6-7-8-9-10-11-16(19)18(13-12-17(20)21)14-15-25(22,23)24/h2-15H2,1H3,(H,20,21)(H,22,23,24). The van der Waals surface area contributed by atoms with E-state index in [0.29, 0.717) is 6.42 Å². The maximum Gasteiger partial charge on any atom is 0.305 e. The van der Waals surface area contributed by atoms with Crippen molar-refractivity contribution in [2.75, 3.05) is 18.8 Å². The number of aliphatic carboxylic acids is 1. The summed E-state index contributed by atoms with van der Waals surface area (Å²) in [6, 6.07) is 0. The van der Waals surface area contributed by atoms with E-state index in [0.717, 1.165) is 19.3 Å². The number of carboxylic acid groups (broad SMARTS) is 1. The van der Waals surface area contributed by atoms with Gasteiger partial charge in [0, 0.05) is 19.5 Å². The number of rotatable bonds is 16. The van der Waals surface area contributed by atoms with E-state index in [2.05, 4.69) is 6.92 Å². The average molecular weight is 380 g/mol. The first-order valence-electron chi connectivity index (χ1n) is 9.21. The van der Waals surface area contributed by atoms with Crippen LogP contribution in [0.15, 0.2) is 0 Å². The van der Waals surface area contributed by atoms with E-state index in [1.165, 1.54) is 37.0 Å². The summed E-state index contributed by atoms with van der Waals surface area (Å²) in [5.41, 5.74) is 0. The smallest absolute Gasteiger partial charge is 0.305 e. The summed E-state index contributed by atoms with van der Waals surface area (Å²) in [4.78, 5) is 24.0. The van der Waals surface area contributed by atoms with Crippen LogP contribution < -0.4 is 0 Å². The summed E-state index contributed by atoms with van der Waals surface area (Å²) < 4.78 is 30.4. The average Bonchev–Trinajstić information content (AvgIpc) is 2.51. The van der Waals surface area contributed by atoms with Crippen LogP contribution in [0.25, 0.3) is 0 Å². The van der Waals surface area contributed by atoms with Gasteiger partial charge in [0.05, 0.1) is 12.2 Å². The number of nitrogens with zero attached hydrogens (tertiary/aromatic N) is 1. The molecule has 0 aromatic rings. The van der Waals surface area contributed by atoms with Gasteiger partial charge in [-0.3, -0.25) is 14.1 Å². The first-order valence-corrected chi connectivity index (χ1v) is 10.8. The zero-order valence-corrected chi connectivity index (χ0v) is 16.1. The molecule has 2 N–H and O–H groups in total. The molecule has 148 valence electrons. The molecule has 0 unspecified atom stereocenters. The lowest BCUT2D eigenvalue weighted by atomic mass is 10.1. The van der Waals surface area contributed by atoms with Gasteiger partial charge in [0.1, 0.15) is 0 Å². The molecule has 0 aromatic heterocycles. The minimum absolute atomic E-state index is 0.0406. The maximum atomic E-state index is 12.1. The van der Waals surface area contributed by atoms with E-state index in [1.807, 2.05) is 0 Å². The molecule has 0 heterocycles. The summed E-state index contributed by atoms with van der Waals surface area (Å²) >= 11 is 0. The van der Waals surface area contributed by atoms with Crippen molar-refractivity contribution in [2.45, 2.75) is 77.6 Å². The number of carbonyl (C=O) groups is 2. The number of hydrogen-bond donors (Lipinski definition) is 2. The second kappa shape index (κ2) is 14.1. The van der Waals surface area contributed by atoms with Crippen molar-refractivity contribution in [3.63, 3.8) is 0 Å². The van der Waals surface area contributed by atoms with Gasteiger partial charge in [-0.1, -0.05) is 58.3 Å². The monoisotopic (exact) mass is 379 g/mol. The lowest BCUT2D eigenvalue weighted by molar-refractivity contribution is -0.138. The van der Waals surface area contributed by atoms with Crippen molar-refractivity contribution in [1.29, 1.82) is 0 Å². The molecule has 0 saturated heterocycles. The highest BCUT2D eigenvalue weighted by molar-refractivity contribution is 7.85. The van der Waals surface area contributed by atoms with Crippen molar-refractivity contribution < 1.29 is 27.7 Å². The first-order chi connectivity index (χ1) is 11.8. The Bertz CT molecular complexity index is 478. The van der Waals surface area contributed by atoms with Gasteiger partial charge in [0.15, 0.2) is 0 Å². The quantitative estimate of drug-likeness (QED) is 0.315. The molecule has 0 spiro atoms. The normalized spacial score (nSPS) is 11.4. The zero-order chi connectivity index (χ0) is 19.1. The predicted octanol–water partition coefficient (Wildman–Crippen LogP) is 3.10. The van der Waals surface area contributed by atoms with Gasteiger partial charge in [-0.25, -0.2) is 0 Å². The second-order valence-corrected chi connectivity index (χ2v) is 7.96. The fraction of sp³-hybridized carbons (Fsp3) is 0.882. The highest BCUT2D eigenvalue weighted by atomic mass is 32.2.